The zero-order valence-electron chi connectivity index (χ0n) is 15.9. The van der Waals surface area contributed by atoms with Crippen LogP contribution >= 0.6 is 11.3 Å². The van der Waals surface area contributed by atoms with Crippen molar-refractivity contribution in [2.75, 3.05) is 17.2 Å². The summed E-state index contributed by atoms with van der Waals surface area (Å²) >= 11 is 1.39. The molecule has 0 radical (unpaired) electrons. The highest BCUT2D eigenvalue weighted by atomic mass is 32.1. The van der Waals surface area contributed by atoms with E-state index in [1.165, 1.54) is 23.5 Å². The van der Waals surface area contributed by atoms with Gasteiger partial charge in [-0.15, -0.1) is 11.3 Å². The van der Waals surface area contributed by atoms with Gasteiger partial charge in [-0.3, -0.25) is 9.59 Å². The van der Waals surface area contributed by atoms with Gasteiger partial charge in [0.2, 0.25) is 5.91 Å². The molecule has 0 aliphatic heterocycles. The number of benzene rings is 2. The van der Waals surface area contributed by atoms with Crippen LogP contribution in [0.25, 0.3) is 0 Å². The molecule has 3 aromatic rings. The molecule has 150 valence electrons. The first-order valence-electron chi connectivity index (χ1n) is 9.25. The summed E-state index contributed by atoms with van der Waals surface area (Å²) in [5.74, 6) is -0.537. The molecule has 3 N–H and O–H groups in total. The van der Waals surface area contributed by atoms with Gasteiger partial charge in [-0.25, -0.2) is 4.39 Å². The number of carbonyl (C=O) groups is 2. The minimum Gasteiger partial charge on any atom is -0.374 e. The average molecular weight is 412 g/mol. The summed E-state index contributed by atoms with van der Waals surface area (Å²) in [7, 11) is 0. The fourth-order valence-corrected chi connectivity index (χ4v) is 3.32. The third-order valence-corrected chi connectivity index (χ3v) is 5.16. The van der Waals surface area contributed by atoms with Gasteiger partial charge in [-0.2, -0.15) is 0 Å². The second-order valence-corrected chi connectivity index (χ2v) is 7.49. The van der Waals surface area contributed by atoms with Gasteiger partial charge in [0, 0.05) is 17.9 Å². The average Bonchev–Trinajstić information content (AvgIpc) is 3.26. The number of hydrogen-bond donors (Lipinski definition) is 3. The molecule has 0 saturated carbocycles. The molecule has 2 amide bonds. The number of anilines is 2. The smallest absolute Gasteiger partial charge is 0.265 e. The standard InChI is InChI=1S/C22H22FN3O2S/c1-15(21(27)24-13-12-16-4-6-17(23)7-5-16)25-18-8-10-19(11-9-18)26-22(28)20-3-2-14-29-20/h2-11,14-15,25H,12-13H2,1H3,(H,24,27)(H,26,28). The summed E-state index contributed by atoms with van der Waals surface area (Å²) in [4.78, 5) is 25.0. The van der Waals surface area contributed by atoms with Gasteiger partial charge in [0.1, 0.15) is 11.9 Å². The zero-order valence-corrected chi connectivity index (χ0v) is 16.8. The van der Waals surface area contributed by atoms with E-state index in [-0.39, 0.29) is 17.6 Å². The van der Waals surface area contributed by atoms with Crippen LogP contribution in [0, 0.1) is 5.82 Å². The maximum Gasteiger partial charge on any atom is 0.265 e. The maximum absolute atomic E-state index is 12.9. The second kappa shape index (κ2) is 9.84. The van der Waals surface area contributed by atoms with E-state index in [0.29, 0.717) is 23.5 Å². The van der Waals surface area contributed by atoms with Crippen molar-refractivity contribution in [3.63, 3.8) is 0 Å². The minimum absolute atomic E-state index is 0.123. The Morgan fingerprint density at radius 2 is 1.69 bits per heavy atom. The van der Waals surface area contributed by atoms with Crippen LogP contribution in [0.2, 0.25) is 0 Å². The third kappa shape index (κ3) is 6.15. The van der Waals surface area contributed by atoms with Crippen LogP contribution in [0.4, 0.5) is 15.8 Å². The fourth-order valence-electron chi connectivity index (χ4n) is 2.70. The van der Waals surface area contributed by atoms with Crippen molar-refractivity contribution in [1.29, 1.82) is 0 Å². The Hall–Kier alpha value is -3.19. The molecule has 0 aliphatic carbocycles. The molecule has 0 bridgehead atoms. The maximum atomic E-state index is 12.9. The zero-order chi connectivity index (χ0) is 20.6. The van der Waals surface area contributed by atoms with Gasteiger partial charge in [0.25, 0.3) is 5.91 Å². The van der Waals surface area contributed by atoms with E-state index in [4.69, 9.17) is 0 Å². The quantitative estimate of drug-likeness (QED) is 0.518. The lowest BCUT2D eigenvalue weighted by Gasteiger charge is -2.16. The lowest BCUT2D eigenvalue weighted by atomic mass is 10.1. The highest BCUT2D eigenvalue weighted by Crippen LogP contribution is 2.17. The Labute approximate surface area is 173 Å². The van der Waals surface area contributed by atoms with Gasteiger partial charge in [-0.1, -0.05) is 18.2 Å². The van der Waals surface area contributed by atoms with Gasteiger partial charge in [-0.05, 0) is 66.8 Å². The van der Waals surface area contributed by atoms with Gasteiger partial charge >= 0.3 is 0 Å². The molecule has 5 nitrogen and oxygen atoms in total. The topological polar surface area (TPSA) is 70.2 Å². The lowest BCUT2D eigenvalue weighted by molar-refractivity contribution is -0.121. The Kier molecular flexibility index (Phi) is 6.97. The third-order valence-electron chi connectivity index (χ3n) is 4.29. The summed E-state index contributed by atoms with van der Waals surface area (Å²) in [5, 5.41) is 10.7. The SMILES string of the molecule is CC(Nc1ccc(NC(=O)c2cccs2)cc1)C(=O)NCCc1ccc(F)cc1. The Morgan fingerprint density at radius 3 is 2.34 bits per heavy atom. The predicted octanol–water partition coefficient (Wildman–Crippen LogP) is 4.30. The van der Waals surface area contributed by atoms with E-state index in [2.05, 4.69) is 16.0 Å². The van der Waals surface area contributed by atoms with Crippen molar-refractivity contribution in [3.8, 4) is 0 Å². The van der Waals surface area contributed by atoms with Crippen molar-refractivity contribution in [3.05, 3.63) is 82.3 Å². The van der Waals surface area contributed by atoms with E-state index in [1.54, 1.807) is 37.3 Å². The molecular formula is C22H22FN3O2S. The highest BCUT2D eigenvalue weighted by molar-refractivity contribution is 7.12. The molecule has 0 saturated heterocycles. The summed E-state index contributed by atoms with van der Waals surface area (Å²) in [5.41, 5.74) is 2.43. The first-order chi connectivity index (χ1) is 14.0. The van der Waals surface area contributed by atoms with Gasteiger partial charge in [0.05, 0.1) is 4.88 Å². The summed E-state index contributed by atoms with van der Waals surface area (Å²) in [6.45, 7) is 2.25. The molecule has 2 aromatic carbocycles. The number of halogens is 1. The molecule has 0 spiro atoms. The van der Waals surface area contributed by atoms with Crippen LogP contribution in [0.5, 0.6) is 0 Å². The van der Waals surface area contributed by atoms with Crippen LogP contribution in [0.3, 0.4) is 0 Å². The number of rotatable bonds is 8. The first kappa shape index (κ1) is 20.5. The molecule has 3 rings (SSSR count). The van der Waals surface area contributed by atoms with E-state index < -0.39 is 6.04 Å². The minimum atomic E-state index is -0.422. The van der Waals surface area contributed by atoms with E-state index in [1.807, 2.05) is 23.6 Å². The van der Waals surface area contributed by atoms with Crippen molar-refractivity contribution in [2.24, 2.45) is 0 Å². The molecule has 1 heterocycles. The lowest BCUT2D eigenvalue weighted by Crippen LogP contribution is -2.38. The predicted molar refractivity (Wildman–Crippen MR) is 115 cm³/mol. The van der Waals surface area contributed by atoms with Gasteiger partial charge < -0.3 is 16.0 Å². The number of carbonyl (C=O) groups excluding carboxylic acids is 2. The summed E-state index contributed by atoms with van der Waals surface area (Å²) in [6, 6.07) is 16.6. The second-order valence-electron chi connectivity index (χ2n) is 6.54. The van der Waals surface area contributed by atoms with Crippen LogP contribution < -0.4 is 16.0 Å². The van der Waals surface area contributed by atoms with E-state index >= 15 is 0 Å². The molecular weight excluding hydrogens is 389 g/mol. The highest BCUT2D eigenvalue weighted by Gasteiger charge is 2.12. The fraction of sp³-hybridized carbons (Fsp3) is 0.182. The molecule has 1 unspecified atom stereocenters. The summed E-state index contributed by atoms with van der Waals surface area (Å²) < 4.78 is 12.9. The number of amides is 2. The van der Waals surface area contributed by atoms with Crippen LogP contribution in [-0.4, -0.2) is 24.4 Å². The van der Waals surface area contributed by atoms with Crippen molar-refractivity contribution >= 4 is 34.5 Å². The van der Waals surface area contributed by atoms with E-state index in [0.717, 1.165) is 11.3 Å². The Balaban J connectivity index is 1.44. The van der Waals surface area contributed by atoms with Crippen molar-refractivity contribution in [1.82, 2.24) is 5.32 Å². The monoisotopic (exact) mass is 411 g/mol. The van der Waals surface area contributed by atoms with Gasteiger partial charge in [0.15, 0.2) is 0 Å². The molecule has 7 heteroatoms. The van der Waals surface area contributed by atoms with Crippen molar-refractivity contribution < 1.29 is 14.0 Å². The van der Waals surface area contributed by atoms with Crippen LogP contribution in [0.1, 0.15) is 22.2 Å². The normalized spacial score (nSPS) is 11.5. The largest absolute Gasteiger partial charge is 0.374 e. The Bertz CT molecular complexity index is 941. The van der Waals surface area contributed by atoms with Crippen molar-refractivity contribution in [2.45, 2.75) is 19.4 Å². The molecule has 0 fully saturated rings. The molecule has 0 aliphatic rings. The van der Waals surface area contributed by atoms with Crippen LogP contribution in [0.15, 0.2) is 66.0 Å². The van der Waals surface area contributed by atoms with E-state index in [9.17, 15) is 14.0 Å². The molecule has 1 atom stereocenters. The van der Waals surface area contributed by atoms with Crippen LogP contribution in [-0.2, 0) is 11.2 Å². The Morgan fingerprint density at radius 1 is 1.00 bits per heavy atom. The number of hydrogen-bond acceptors (Lipinski definition) is 4. The first-order valence-corrected chi connectivity index (χ1v) is 10.1. The number of nitrogens with one attached hydrogen (secondary N) is 3. The number of thiophene rings is 1. The summed E-state index contributed by atoms with van der Waals surface area (Å²) in [6.07, 6.45) is 0.636. The molecule has 29 heavy (non-hydrogen) atoms. The molecule has 1 aromatic heterocycles.